The zero-order valence-electron chi connectivity index (χ0n) is 14.0. The van der Waals surface area contributed by atoms with Gasteiger partial charge in [0, 0.05) is 6.54 Å². The predicted molar refractivity (Wildman–Crippen MR) is 93.1 cm³/mol. The van der Waals surface area contributed by atoms with Gasteiger partial charge in [0.25, 0.3) is 0 Å². The molecule has 27 heavy (non-hydrogen) atoms. The summed E-state index contributed by atoms with van der Waals surface area (Å²) in [6.07, 6.45) is -2.76. The van der Waals surface area contributed by atoms with Crippen molar-refractivity contribution in [3.05, 3.63) is 71.7 Å². The maximum Gasteiger partial charge on any atom is 0.418 e. The fourth-order valence-electron chi connectivity index (χ4n) is 2.43. The molecule has 140 valence electrons. The van der Waals surface area contributed by atoms with Gasteiger partial charge < -0.3 is 10.6 Å². The summed E-state index contributed by atoms with van der Waals surface area (Å²) >= 11 is 0. The van der Waals surface area contributed by atoms with Crippen LogP contribution in [0.1, 0.15) is 11.1 Å². The Morgan fingerprint density at radius 3 is 2.48 bits per heavy atom. The summed E-state index contributed by atoms with van der Waals surface area (Å²) in [4.78, 5) is 4.09. The third kappa shape index (κ3) is 4.90. The van der Waals surface area contributed by atoms with E-state index in [9.17, 15) is 17.6 Å². The van der Waals surface area contributed by atoms with Crippen LogP contribution in [0.5, 0.6) is 0 Å². The third-order valence-electron chi connectivity index (χ3n) is 3.70. The summed E-state index contributed by atoms with van der Waals surface area (Å²) in [7, 11) is 0. The summed E-state index contributed by atoms with van der Waals surface area (Å²) < 4.78 is 52.7. The molecule has 0 saturated heterocycles. The van der Waals surface area contributed by atoms with Crippen molar-refractivity contribution in [3.63, 3.8) is 0 Å². The average Bonchev–Trinajstić information content (AvgIpc) is 2.63. The number of rotatable bonds is 6. The van der Waals surface area contributed by atoms with E-state index in [1.54, 1.807) is 18.2 Å². The maximum absolute atomic E-state index is 13.6. The highest BCUT2D eigenvalue weighted by Gasteiger charge is 2.33. The SMILES string of the molecule is Fc1ccccc1CCNc1cnnc(Nc2ccccc2C(F)(F)F)n1. The molecule has 9 heteroatoms. The maximum atomic E-state index is 13.6. The highest BCUT2D eigenvalue weighted by atomic mass is 19.4. The molecule has 1 heterocycles. The zero-order valence-corrected chi connectivity index (χ0v) is 14.0. The molecule has 0 radical (unpaired) electrons. The lowest BCUT2D eigenvalue weighted by atomic mass is 10.1. The van der Waals surface area contributed by atoms with Crippen molar-refractivity contribution in [1.29, 1.82) is 0 Å². The normalized spacial score (nSPS) is 11.3. The number of nitrogens with zero attached hydrogens (tertiary/aromatic N) is 3. The lowest BCUT2D eigenvalue weighted by Gasteiger charge is -2.13. The van der Waals surface area contributed by atoms with Crippen molar-refractivity contribution >= 4 is 17.5 Å². The average molecular weight is 377 g/mol. The van der Waals surface area contributed by atoms with Crippen molar-refractivity contribution in [3.8, 4) is 0 Å². The number of hydrogen-bond donors (Lipinski definition) is 2. The third-order valence-corrected chi connectivity index (χ3v) is 3.70. The number of hydrogen-bond acceptors (Lipinski definition) is 5. The Morgan fingerprint density at radius 1 is 0.963 bits per heavy atom. The first-order chi connectivity index (χ1) is 12.9. The molecule has 0 aliphatic rings. The Balaban J connectivity index is 1.67. The fraction of sp³-hybridized carbons (Fsp3) is 0.167. The van der Waals surface area contributed by atoms with E-state index >= 15 is 0 Å². The fourth-order valence-corrected chi connectivity index (χ4v) is 2.43. The molecular weight excluding hydrogens is 362 g/mol. The van der Waals surface area contributed by atoms with E-state index in [0.717, 1.165) is 6.07 Å². The molecule has 0 atom stereocenters. The Labute approximate surface area is 152 Å². The van der Waals surface area contributed by atoms with Gasteiger partial charge in [-0.1, -0.05) is 30.3 Å². The van der Waals surface area contributed by atoms with Crippen LogP contribution >= 0.6 is 0 Å². The summed E-state index contributed by atoms with van der Waals surface area (Å²) in [6, 6.07) is 11.4. The van der Waals surface area contributed by atoms with Gasteiger partial charge in [-0.3, -0.25) is 0 Å². The topological polar surface area (TPSA) is 62.7 Å². The summed E-state index contributed by atoms with van der Waals surface area (Å²) in [5, 5.41) is 12.9. The molecule has 5 nitrogen and oxygen atoms in total. The van der Waals surface area contributed by atoms with E-state index in [4.69, 9.17) is 0 Å². The molecule has 0 saturated carbocycles. The van der Waals surface area contributed by atoms with Gasteiger partial charge >= 0.3 is 6.18 Å². The summed E-state index contributed by atoms with van der Waals surface area (Å²) in [5.41, 5.74) is -0.453. The van der Waals surface area contributed by atoms with E-state index in [1.807, 2.05) is 0 Å². The molecule has 3 rings (SSSR count). The molecule has 0 aliphatic heterocycles. The predicted octanol–water partition coefficient (Wildman–Crippen LogP) is 4.43. The number of halogens is 4. The van der Waals surface area contributed by atoms with E-state index < -0.39 is 11.7 Å². The number of anilines is 3. The van der Waals surface area contributed by atoms with Gasteiger partial charge in [-0.25, -0.2) is 4.39 Å². The van der Waals surface area contributed by atoms with Gasteiger partial charge in [-0.15, -0.1) is 5.10 Å². The molecule has 0 unspecified atom stereocenters. The molecular formula is C18H15F4N5. The van der Waals surface area contributed by atoms with Crippen LogP contribution in [-0.4, -0.2) is 21.7 Å². The van der Waals surface area contributed by atoms with Gasteiger partial charge in [0.05, 0.1) is 17.4 Å². The lowest BCUT2D eigenvalue weighted by Crippen LogP contribution is -2.11. The minimum absolute atomic E-state index is 0.0809. The van der Waals surface area contributed by atoms with E-state index in [0.29, 0.717) is 24.3 Å². The number of benzene rings is 2. The van der Waals surface area contributed by atoms with Gasteiger partial charge in [0.15, 0.2) is 5.82 Å². The van der Waals surface area contributed by atoms with Crippen LogP contribution in [-0.2, 0) is 12.6 Å². The summed E-state index contributed by atoms with van der Waals surface area (Å²) in [5.74, 6) is -0.0675. The molecule has 0 bridgehead atoms. The van der Waals surface area contributed by atoms with Crippen molar-refractivity contribution in [2.24, 2.45) is 0 Å². The molecule has 3 aromatic rings. The second kappa shape index (κ2) is 7.98. The standard InChI is InChI=1S/C18H15F4N5/c19-14-7-3-1-5-12(14)9-10-23-16-11-24-27-17(26-16)25-15-8-4-2-6-13(15)18(20,21)22/h1-8,11H,9-10H2,(H2,23,25,26,27). The van der Waals surface area contributed by atoms with Crippen LogP contribution < -0.4 is 10.6 Å². The first-order valence-electron chi connectivity index (χ1n) is 8.04. The van der Waals surface area contributed by atoms with E-state index in [1.165, 1.54) is 30.5 Å². The highest BCUT2D eigenvalue weighted by molar-refractivity contribution is 5.59. The monoisotopic (exact) mass is 377 g/mol. The van der Waals surface area contributed by atoms with Crippen LogP contribution in [0.25, 0.3) is 0 Å². The van der Waals surface area contributed by atoms with Crippen LogP contribution in [0, 0.1) is 5.82 Å². The number of aromatic nitrogens is 3. The zero-order chi connectivity index (χ0) is 19.3. The van der Waals surface area contributed by atoms with Crippen LogP contribution in [0.3, 0.4) is 0 Å². The molecule has 0 aliphatic carbocycles. The summed E-state index contributed by atoms with van der Waals surface area (Å²) in [6.45, 7) is 0.373. The van der Waals surface area contributed by atoms with Crippen LogP contribution in [0.2, 0.25) is 0 Å². The van der Waals surface area contributed by atoms with Crippen molar-refractivity contribution in [2.75, 3.05) is 17.2 Å². The molecule has 0 spiro atoms. The highest BCUT2D eigenvalue weighted by Crippen LogP contribution is 2.35. The van der Waals surface area contributed by atoms with Crippen LogP contribution in [0.15, 0.2) is 54.7 Å². The van der Waals surface area contributed by atoms with E-state index in [2.05, 4.69) is 25.8 Å². The van der Waals surface area contributed by atoms with Crippen molar-refractivity contribution in [1.82, 2.24) is 15.2 Å². The van der Waals surface area contributed by atoms with Gasteiger partial charge in [0.2, 0.25) is 5.95 Å². The first kappa shape index (κ1) is 18.6. The van der Waals surface area contributed by atoms with Gasteiger partial charge in [-0.05, 0) is 30.2 Å². The Bertz CT molecular complexity index is 914. The Hall–Kier alpha value is -3.23. The second-order valence-corrected chi connectivity index (χ2v) is 5.60. The Kier molecular flexibility index (Phi) is 5.49. The molecule has 2 aromatic carbocycles. The molecule has 1 aromatic heterocycles. The van der Waals surface area contributed by atoms with Gasteiger partial charge in [-0.2, -0.15) is 23.3 Å². The van der Waals surface area contributed by atoms with Crippen molar-refractivity contribution < 1.29 is 17.6 Å². The number of para-hydroxylation sites is 1. The number of nitrogens with one attached hydrogen (secondary N) is 2. The quantitative estimate of drug-likeness (QED) is 0.623. The minimum atomic E-state index is -4.51. The molecule has 0 fully saturated rings. The second-order valence-electron chi connectivity index (χ2n) is 5.60. The van der Waals surface area contributed by atoms with E-state index in [-0.39, 0.29) is 17.5 Å². The molecule has 2 N–H and O–H groups in total. The Morgan fingerprint density at radius 2 is 1.70 bits per heavy atom. The minimum Gasteiger partial charge on any atom is -0.368 e. The van der Waals surface area contributed by atoms with Gasteiger partial charge in [0.1, 0.15) is 5.82 Å². The van der Waals surface area contributed by atoms with Crippen molar-refractivity contribution in [2.45, 2.75) is 12.6 Å². The largest absolute Gasteiger partial charge is 0.418 e. The lowest BCUT2D eigenvalue weighted by molar-refractivity contribution is -0.136. The smallest absolute Gasteiger partial charge is 0.368 e. The first-order valence-corrected chi connectivity index (χ1v) is 8.04. The number of alkyl halides is 3. The van der Waals surface area contributed by atoms with Crippen LogP contribution in [0.4, 0.5) is 35.0 Å². The molecule has 0 amide bonds.